The van der Waals surface area contributed by atoms with Crippen LogP contribution >= 0.6 is 7.82 Å². The van der Waals surface area contributed by atoms with Crippen LogP contribution in [0.1, 0.15) is 76.3 Å². The van der Waals surface area contributed by atoms with E-state index in [9.17, 15) is 19.1 Å². The Bertz CT molecular complexity index is 612. The smallest absolute Gasteiger partial charge is 0.346 e. The largest absolute Gasteiger partial charge is 0.470 e. The molecule has 1 aliphatic rings. The number of hydrogen-bond acceptors (Lipinski definition) is 3. The molecule has 0 unspecified atom stereocenters. The third-order valence-corrected chi connectivity index (χ3v) is 5.57. The van der Waals surface area contributed by atoms with Crippen molar-refractivity contribution in [3.8, 4) is 0 Å². The maximum atomic E-state index is 12.5. The van der Waals surface area contributed by atoms with Crippen molar-refractivity contribution in [2.45, 2.75) is 76.4 Å². The number of phosphoric acid groups is 1. The van der Waals surface area contributed by atoms with Gasteiger partial charge in [-0.1, -0.05) is 62.9 Å². The molecule has 26 heavy (non-hydrogen) atoms. The van der Waals surface area contributed by atoms with Gasteiger partial charge in [0.2, 0.25) is 5.91 Å². The first-order chi connectivity index (χ1) is 12.4. The first-order valence-electron chi connectivity index (χ1n) is 9.47. The van der Waals surface area contributed by atoms with E-state index < -0.39 is 19.5 Å². The Morgan fingerprint density at radius 2 is 1.85 bits per heavy atom. The Morgan fingerprint density at radius 1 is 1.19 bits per heavy atom. The van der Waals surface area contributed by atoms with Gasteiger partial charge in [-0.3, -0.25) is 9.32 Å². The first-order valence-corrected chi connectivity index (χ1v) is 11.0. The van der Waals surface area contributed by atoms with Crippen LogP contribution in [-0.2, 0) is 13.9 Å². The summed E-state index contributed by atoms with van der Waals surface area (Å²) in [7, 11) is -4.66. The molecule has 1 aromatic carbocycles. The molecule has 7 heteroatoms. The number of nitrogens with one attached hydrogen (secondary N) is 1. The zero-order chi connectivity index (χ0) is 19.0. The van der Waals surface area contributed by atoms with Gasteiger partial charge in [0.1, 0.15) is 5.60 Å². The molecule has 1 aromatic rings. The maximum absolute atomic E-state index is 12.5. The summed E-state index contributed by atoms with van der Waals surface area (Å²) >= 11 is 0. The summed E-state index contributed by atoms with van der Waals surface area (Å²) < 4.78 is 16.7. The lowest BCUT2D eigenvalue weighted by Crippen LogP contribution is -2.52. The number of carbonyl (C=O) groups excluding carboxylic acids is 1. The number of hydrogen-bond donors (Lipinski definition) is 3. The molecule has 0 heterocycles. The fourth-order valence-electron chi connectivity index (χ4n) is 3.48. The van der Waals surface area contributed by atoms with Crippen molar-refractivity contribution in [3.63, 3.8) is 0 Å². The van der Waals surface area contributed by atoms with Crippen molar-refractivity contribution in [1.82, 2.24) is 5.32 Å². The quantitative estimate of drug-likeness (QED) is 0.392. The van der Waals surface area contributed by atoms with Crippen LogP contribution in [0.4, 0.5) is 0 Å². The lowest BCUT2D eigenvalue weighted by Gasteiger charge is -2.47. The Kier molecular flexibility index (Phi) is 7.84. The number of amides is 1. The molecule has 1 amide bonds. The standard InChI is InChI=1S/C19H30NO5P/c1-2-3-4-5-9-13-17(21)20-18(16-11-7-6-8-12-16)19(14-10-15-19)25-26(22,23)24/h6-8,11-12,18H,2-5,9-10,13-15H2,1H3,(H,20,21)(H2,22,23,24)/t18-/m1/s1. The summed E-state index contributed by atoms with van der Waals surface area (Å²) in [6, 6.07) is 8.72. The normalized spacial score (nSPS) is 17.3. The Hall–Kier alpha value is -1.20. The average molecular weight is 383 g/mol. The second-order valence-electron chi connectivity index (χ2n) is 7.08. The Morgan fingerprint density at radius 3 is 2.38 bits per heavy atom. The molecule has 1 atom stereocenters. The van der Waals surface area contributed by atoms with E-state index in [1.54, 1.807) is 0 Å². The highest BCUT2D eigenvalue weighted by Gasteiger charge is 2.50. The molecule has 0 aromatic heterocycles. The zero-order valence-electron chi connectivity index (χ0n) is 15.4. The molecule has 1 aliphatic carbocycles. The molecule has 6 nitrogen and oxygen atoms in total. The predicted octanol–water partition coefficient (Wildman–Crippen LogP) is 4.24. The van der Waals surface area contributed by atoms with Gasteiger partial charge in [-0.05, 0) is 31.2 Å². The highest BCUT2D eigenvalue weighted by atomic mass is 31.2. The van der Waals surface area contributed by atoms with Gasteiger partial charge in [-0.15, -0.1) is 0 Å². The van der Waals surface area contributed by atoms with Gasteiger partial charge in [0, 0.05) is 6.42 Å². The van der Waals surface area contributed by atoms with E-state index in [0.717, 1.165) is 37.7 Å². The second kappa shape index (κ2) is 9.65. The van der Waals surface area contributed by atoms with Crippen molar-refractivity contribution >= 4 is 13.7 Å². The van der Waals surface area contributed by atoms with Crippen molar-refractivity contribution in [3.05, 3.63) is 35.9 Å². The van der Waals surface area contributed by atoms with Crippen molar-refractivity contribution in [2.24, 2.45) is 0 Å². The van der Waals surface area contributed by atoms with E-state index in [0.29, 0.717) is 19.3 Å². The van der Waals surface area contributed by atoms with Crippen molar-refractivity contribution in [1.29, 1.82) is 0 Å². The third-order valence-electron chi connectivity index (χ3n) is 4.97. The minimum absolute atomic E-state index is 0.101. The second-order valence-corrected chi connectivity index (χ2v) is 8.24. The van der Waals surface area contributed by atoms with Crippen LogP contribution in [0.25, 0.3) is 0 Å². The van der Waals surface area contributed by atoms with E-state index in [-0.39, 0.29) is 5.91 Å². The van der Waals surface area contributed by atoms with Gasteiger partial charge < -0.3 is 15.1 Å². The van der Waals surface area contributed by atoms with E-state index in [1.165, 1.54) is 6.42 Å². The molecule has 3 N–H and O–H groups in total. The summed E-state index contributed by atoms with van der Waals surface area (Å²) in [5.41, 5.74) is -0.238. The van der Waals surface area contributed by atoms with Gasteiger partial charge in [-0.2, -0.15) is 0 Å². The summed E-state index contributed by atoms with van der Waals surface area (Å²) in [6.45, 7) is 2.15. The molecule has 2 rings (SSSR count). The predicted molar refractivity (Wildman–Crippen MR) is 100 cm³/mol. The summed E-state index contributed by atoms with van der Waals surface area (Å²) in [5.74, 6) is -0.101. The average Bonchev–Trinajstić information content (AvgIpc) is 2.56. The highest BCUT2D eigenvalue weighted by Crippen LogP contribution is 2.54. The number of benzene rings is 1. The SMILES string of the molecule is CCCCCCCC(=O)N[C@H](c1ccccc1)C1(OP(=O)(O)O)CCC1. The Balaban J connectivity index is 2.07. The molecule has 146 valence electrons. The highest BCUT2D eigenvalue weighted by molar-refractivity contribution is 7.46. The molecule has 1 saturated carbocycles. The lowest BCUT2D eigenvalue weighted by molar-refractivity contribution is -0.126. The monoisotopic (exact) mass is 383 g/mol. The van der Waals surface area contributed by atoms with Crippen molar-refractivity contribution < 1.29 is 23.7 Å². The molecule has 0 aliphatic heterocycles. The van der Waals surface area contributed by atoms with Gasteiger partial charge in [-0.25, -0.2) is 4.57 Å². The summed E-state index contributed by atoms with van der Waals surface area (Å²) in [6.07, 6.45) is 7.54. The number of carbonyl (C=O) groups is 1. The first kappa shape index (κ1) is 21.1. The number of unbranched alkanes of at least 4 members (excludes halogenated alkanes) is 4. The van der Waals surface area contributed by atoms with Gasteiger partial charge in [0.05, 0.1) is 6.04 Å². The fraction of sp³-hybridized carbons (Fsp3) is 0.632. The van der Waals surface area contributed by atoms with Crippen LogP contribution in [0, 0.1) is 0 Å². The maximum Gasteiger partial charge on any atom is 0.470 e. The van der Waals surface area contributed by atoms with E-state index in [1.807, 2.05) is 30.3 Å². The topological polar surface area (TPSA) is 95.9 Å². The van der Waals surface area contributed by atoms with Crippen LogP contribution < -0.4 is 5.32 Å². The van der Waals surface area contributed by atoms with Crippen molar-refractivity contribution in [2.75, 3.05) is 0 Å². The van der Waals surface area contributed by atoms with Crippen LogP contribution in [-0.4, -0.2) is 21.3 Å². The molecule has 0 bridgehead atoms. The third kappa shape index (κ3) is 6.20. The van der Waals surface area contributed by atoms with E-state index in [4.69, 9.17) is 4.52 Å². The molecule has 0 radical (unpaired) electrons. The molecule has 0 spiro atoms. The Labute approximate surface area is 155 Å². The molecular weight excluding hydrogens is 353 g/mol. The van der Waals surface area contributed by atoms with Crippen LogP contribution in [0.15, 0.2) is 30.3 Å². The molecule has 1 fully saturated rings. The number of phosphoric ester groups is 1. The number of rotatable bonds is 11. The van der Waals surface area contributed by atoms with E-state index in [2.05, 4.69) is 12.2 Å². The van der Waals surface area contributed by atoms with Crippen LogP contribution in [0.2, 0.25) is 0 Å². The lowest BCUT2D eigenvalue weighted by atomic mass is 9.72. The zero-order valence-corrected chi connectivity index (χ0v) is 16.3. The van der Waals surface area contributed by atoms with Gasteiger partial charge in [0.25, 0.3) is 0 Å². The van der Waals surface area contributed by atoms with Gasteiger partial charge >= 0.3 is 7.82 Å². The summed E-state index contributed by atoms with van der Waals surface area (Å²) in [4.78, 5) is 31.1. The minimum Gasteiger partial charge on any atom is -0.346 e. The minimum atomic E-state index is -4.66. The van der Waals surface area contributed by atoms with E-state index >= 15 is 0 Å². The fourth-order valence-corrected chi connectivity index (χ4v) is 4.24. The molecule has 0 saturated heterocycles. The summed E-state index contributed by atoms with van der Waals surface area (Å²) in [5, 5.41) is 2.98. The molecular formula is C19H30NO5P. The van der Waals surface area contributed by atoms with Crippen LogP contribution in [0.3, 0.4) is 0 Å². The van der Waals surface area contributed by atoms with Crippen LogP contribution in [0.5, 0.6) is 0 Å². The van der Waals surface area contributed by atoms with Gasteiger partial charge in [0.15, 0.2) is 0 Å².